The molecule has 4 fully saturated rings. The minimum absolute atomic E-state index is 0.0281. The lowest BCUT2D eigenvalue weighted by Gasteiger charge is -2.51. The molecule has 2 aromatic rings. The number of piperidine rings is 1. The fraction of sp³-hybridized carbons (Fsp3) is 0.576. The standard InChI is InChI=1S/C33H38F6N4O3/c34-32(35,36)25-15-24(16-26(17-25)33(37,38)39)31(45)43-8-6-27(18-28(43)14-22-4-2-1-3-5-22)40-9-11-41(12-10-40)29-19-42(20-29)30(44)23-7-13-46-21-23/h1-5,15-17,23,27-29H,6-14,18-21H2. The summed E-state index contributed by atoms with van der Waals surface area (Å²) in [5.74, 6) is -0.674. The zero-order valence-corrected chi connectivity index (χ0v) is 25.4. The third-order valence-corrected chi connectivity index (χ3v) is 9.93. The predicted molar refractivity (Wildman–Crippen MR) is 157 cm³/mol. The Balaban J connectivity index is 1.12. The molecular weight excluding hydrogens is 614 g/mol. The van der Waals surface area contributed by atoms with Gasteiger partial charge in [0.1, 0.15) is 0 Å². The van der Waals surface area contributed by atoms with E-state index in [0.717, 1.165) is 51.3 Å². The Morgan fingerprint density at radius 1 is 0.783 bits per heavy atom. The van der Waals surface area contributed by atoms with Crippen LogP contribution >= 0.6 is 0 Å². The average Bonchev–Trinajstić information content (AvgIpc) is 3.55. The van der Waals surface area contributed by atoms with Crippen LogP contribution in [0.2, 0.25) is 0 Å². The summed E-state index contributed by atoms with van der Waals surface area (Å²) >= 11 is 0. The van der Waals surface area contributed by atoms with Crippen molar-refractivity contribution in [2.75, 3.05) is 59.0 Å². The van der Waals surface area contributed by atoms with Crippen molar-refractivity contribution >= 4 is 11.8 Å². The van der Waals surface area contributed by atoms with Gasteiger partial charge in [0.2, 0.25) is 5.91 Å². The second-order valence-corrected chi connectivity index (χ2v) is 12.8. The third kappa shape index (κ3) is 7.21. The molecule has 0 saturated carbocycles. The smallest absolute Gasteiger partial charge is 0.381 e. The number of ether oxygens (including phenoxy) is 1. The van der Waals surface area contributed by atoms with Crippen LogP contribution in [-0.4, -0.2) is 109 Å². The van der Waals surface area contributed by atoms with Gasteiger partial charge in [-0.05, 0) is 49.4 Å². The van der Waals surface area contributed by atoms with Gasteiger partial charge < -0.3 is 14.5 Å². The van der Waals surface area contributed by atoms with Crippen LogP contribution in [0.4, 0.5) is 26.3 Å². The Labute approximate surface area is 264 Å². The lowest BCUT2D eigenvalue weighted by Crippen LogP contribution is -2.65. The second-order valence-electron chi connectivity index (χ2n) is 12.8. The molecule has 7 nitrogen and oxygen atoms in total. The van der Waals surface area contributed by atoms with E-state index in [1.807, 2.05) is 35.2 Å². The Morgan fingerprint density at radius 3 is 1.96 bits per heavy atom. The van der Waals surface area contributed by atoms with E-state index in [0.29, 0.717) is 50.7 Å². The van der Waals surface area contributed by atoms with Gasteiger partial charge in [-0.3, -0.25) is 19.4 Å². The van der Waals surface area contributed by atoms with Crippen LogP contribution in [0, 0.1) is 5.92 Å². The van der Waals surface area contributed by atoms with Gasteiger partial charge in [-0.15, -0.1) is 0 Å². The number of halogens is 6. The number of benzene rings is 2. The summed E-state index contributed by atoms with van der Waals surface area (Å²) in [4.78, 5) is 34.5. The first-order valence-corrected chi connectivity index (χ1v) is 15.9. The van der Waals surface area contributed by atoms with E-state index in [9.17, 15) is 35.9 Å². The van der Waals surface area contributed by atoms with E-state index in [4.69, 9.17) is 4.74 Å². The molecule has 2 aromatic carbocycles. The fourth-order valence-electron chi connectivity index (χ4n) is 7.27. The zero-order chi connectivity index (χ0) is 32.6. The molecule has 0 N–H and O–H groups in total. The van der Waals surface area contributed by atoms with Crippen LogP contribution in [0.15, 0.2) is 48.5 Å². The van der Waals surface area contributed by atoms with Crippen molar-refractivity contribution in [3.8, 4) is 0 Å². The van der Waals surface area contributed by atoms with Crippen LogP contribution in [0.5, 0.6) is 0 Å². The average molecular weight is 653 g/mol. The summed E-state index contributed by atoms with van der Waals surface area (Å²) < 4.78 is 86.7. The molecule has 0 bridgehead atoms. The molecule has 3 atom stereocenters. The van der Waals surface area contributed by atoms with Crippen molar-refractivity contribution in [2.24, 2.45) is 5.92 Å². The quantitative estimate of drug-likeness (QED) is 0.420. The highest BCUT2D eigenvalue weighted by Gasteiger charge is 2.42. The first-order valence-electron chi connectivity index (χ1n) is 15.9. The number of nitrogens with zero attached hydrogens (tertiary/aromatic N) is 4. The number of amides is 2. The number of carbonyl (C=O) groups is 2. The van der Waals surface area contributed by atoms with E-state index in [1.54, 1.807) is 0 Å². The van der Waals surface area contributed by atoms with Gasteiger partial charge in [0.15, 0.2) is 0 Å². The molecule has 0 radical (unpaired) electrons. The lowest BCUT2D eigenvalue weighted by atomic mass is 9.90. The summed E-state index contributed by atoms with van der Waals surface area (Å²) in [5, 5.41) is 0. The fourth-order valence-corrected chi connectivity index (χ4v) is 7.27. The molecule has 4 aliphatic heterocycles. The molecular formula is C33H38F6N4O3. The minimum atomic E-state index is -5.03. The summed E-state index contributed by atoms with van der Waals surface area (Å²) in [7, 11) is 0. The number of piperazine rings is 1. The van der Waals surface area contributed by atoms with Gasteiger partial charge >= 0.3 is 12.4 Å². The molecule has 6 rings (SSSR count). The summed E-state index contributed by atoms with van der Waals surface area (Å²) in [6.07, 6.45) is -7.73. The normalized spacial score (nSPS) is 25.5. The van der Waals surface area contributed by atoms with Gasteiger partial charge in [0.05, 0.1) is 23.7 Å². The molecule has 3 unspecified atom stereocenters. The number of hydrogen-bond donors (Lipinski definition) is 0. The number of likely N-dealkylation sites (tertiary alicyclic amines) is 2. The van der Waals surface area contributed by atoms with Crippen molar-refractivity contribution in [1.29, 1.82) is 0 Å². The second kappa shape index (κ2) is 13.2. The Bertz CT molecular complexity index is 1350. The van der Waals surface area contributed by atoms with Gasteiger partial charge in [-0.25, -0.2) is 0 Å². The number of hydrogen-bond acceptors (Lipinski definition) is 5. The molecule has 4 heterocycles. The van der Waals surface area contributed by atoms with E-state index in [-0.39, 0.29) is 30.5 Å². The molecule has 0 spiro atoms. The van der Waals surface area contributed by atoms with Crippen molar-refractivity contribution in [1.82, 2.24) is 19.6 Å². The first kappa shape index (κ1) is 32.8. The van der Waals surface area contributed by atoms with Crippen LogP contribution in [0.25, 0.3) is 0 Å². The Kier molecular flexibility index (Phi) is 9.37. The van der Waals surface area contributed by atoms with Crippen molar-refractivity contribution in [3.05, 3.63) is 70.8 Å². The lowest BCUT2D eigenvalue weighted by molar-refractivity contribution is -0.144. The molecule has 46 heavy (non-hydrogen) atoms. The predicted octanol–water partition coefficient (Wildman–Crippen LogP) is 4.81. The highest BCUT2D eigenvalue weighted by atomic mass is 19.4. The summed E-state index contributed by atoms with van der Waals surface area (Å²) in [6, 6.07) is 10.5. The molecule has 2 amide bonds. The highest BCUT2D eigenvalue weighted by Crippen LogP contribution is 2.37. The van der Waals surface area contributed by atoms with Crippen molar-refractivity contribution < 1.29 is 40.7 Å². The van der Waals surface area contributed by atoms with Crippen molar-refractivity contribution in [2.45, 2.75) is 56.2 Å². The third-order valence-electron chi connectivity index (χ3n) is 9.93. The van der Waals surface area contributed by atoms with E-state index in [1.165, 1.54) is 4.90 Å². The maximum atomic E-state index is 13.7. The topological polar surface area (TPSA) is 56.3 Å². The molecule has 0 aliphatic carbocycles. The summed E-state index contributed by atoms with van der Waals surface area (Å²) in [5.41, 5.74) is -2.67. The van der Waals surface area contributed by atoms with E-state index in [2.05, 4.69) is 9.80 Å². The maximum absolute atomic E-state index is 13.7. The SMILES string of the molecule is O=C(C1CCOC1)N1CC(N2CCN(C3CCN(C(=O)c4cc(C(F)(F)F)cc(C(F)(F)F)c4)C(Cc4ccccc4)C3)CC2)C1. The largest absolute Gasteiger partial charge is 0.416 e. The first-order chi connectivity index (χ1) is 21.9. The van der Waals surface area contributed by atoms with Gasteiger partial charge in [0, 0.05) is 76.1 Å². The summed E-state index contributed by atoms with van der Waals surface area (Å²) in [6.45, 7) is 6.10. The number of alkyl halides is 6. The monoisotopic (exact) mass is 652 g/mol. The number of rotatable bonds is 6. The molecule has 13 heteroatoms. The molecule has 4 saturated heterocycles. The van der Waals surface area contributed by atoms with E-state index >= 15 is 0 Å². The highest BCUT2D eigenvalue weighted by molar-refractivity contribution is 5.95. The molecule has 250 valence electrons. The van der Waals surface area contributed by atoms with Gasteiger partial charge in [-0.2, -0.15) is 26.3 Å². The van der Waals surface area contributed by atoms with Crippen LogP contribution in [0.1, 0.15) is 46.3 Å². The van der Waals surface area contributed by atoms with Gasteiger partial charge in [0.25, 0.3) is 5.91 Å². The van der Waals surface area contributed by atoms with Crippen molar-refractivity contribution in [3.63, 3.8) is 0 Å². The van der Waals surface area contributed by atoms with E-state index < -0.39 is 41.0 Å². The number of carbonyl (C=O) groups excluding carboxylic acids is 2. The van der Waals surface area contributed by atoms with Crippen LogP contribution in [-0.2, 0) is 28.3 Å². The van der Waals surface area contributed by atoms with Crippen LogP contribution in [0.3, 0.4) is 0 Å². The van der Waals surface area contributed by atoms with Crippen LogP contribution < -0.4 is 0 Å². The zero-order valence-electron chi connectivity index (χ0n) is 25.4. The Morgan fingerprint density at radius 2 is 1.39 bits per heavy atom. The van der Waals surface area contributed by atoms with Gasteiger partial charge in [-0.1, -0.05) is 30.3 Å². The molecule has 0 aromatic heterocycles. The minimum Gasteiger partial charge on any atom is -0.381 e. The maximum Gasteiger partial charge on any atom is 0.416 e. The molecule has 4 aliphatic rings. The Hall–Kier alpha value is -3.16.